The highest BCUT2D eigenvalue weighted by molar-refractivity contribution is 5.94. The molecule has 0 saturated carbocycles. The second-order valence-corrected chi connectivity index (χ2v) is 5.10. The monoisotopic (exact) mass is 261 g/mol. The number of hydrogen-bond donors (Lipinski definition) is 2. The molecule has 2 atom stereocenters. The first-order valence-corrected chi connectivity index (χ1v) is 6.87. The molecule has 6 heteroatoms. The highest BCUT2D eigenvalue weighted by Crippen LogP contribution is 2.28. The SMILES string of the molecule is CCNc1ncc(C(=O)N2CC[C@@H]3CNC[C@@H]32)cn1. The van der Waals surface area contributed by atoms with Crippen molar-refractivity contribution >= 4 is 11.9 Å². The van der Waals surface area contributed by atoms with E-state index in [-0.39, 0.29) is 5.91 Å². The van der Waals surface area contributed by atoms with E-state index in [4.69, 9.17) is 0 Å². The number of carbonyl (C=O) groups excluding carboxylic acids is 1. The van der Waals surface area contributed by atoms with Gasteiger partial charge in [0.2, 0.25) is 5.95 Å². The van der Waals surface area contributed by atoms with E-state index in [0.717, 1.165) is 32.6 Å². The van der Waals surface area contributed by atoms with Gasteiger partial charge in [-0.05, 0) is 19.3 Å². The number of rotatable bonds is 3. The molecule has 2 N–H and O–H groups in total. The summed E-state index contributed by atoms with van der Waals surface area (Å²) in [5.41, 5.74) is 0.578. The number of likely N-dealkylation sites (tertiary alicyclic amines) is 1. The van der Waals surface area contributed by atoms with Crippen molar-refractivity contribution < 1.29 is 4.79 Å². The van der Waals surface area contributed by atoms with Crippen molar-refractivity contribution in [1.29, 1.82) is 0 Å². The predicted octanol–water partition coefficient (Wildman–Crippen LogP) is 0.342. The van der Waals surface area contributed by atoms with Crippen LogP contribution in [0.25, 0.3) is 0 Å². The normalized spacial score (nSPS) is 25.4. The fraction of sp³-hybridized carbons (Fsp3) is 0.615. The van der Waals surface area contributed by atoms with Crippen LogP contribution in [-0.2, 0) is 0 Å². The molecular formula is C13H19N5O. The molecule has 2 aliphatic rings. The molecule has 2 aliphatic heterocycles. The Balaban J connectivity index is 1.73. The molecule has 6 nitrogen and oxygen atoms in total. The van der Waals surface area contributed by atoms with Crippen molar-refractivity contribution in [2.24, 2.45) is 5.92 Å². The summed E-state index contributed by atoms with van der Waals surface area (Å²) >= 11 is 0. The molecule has 0 bridgehead atoms. The zero-order valence-electron chi connectivity index (χ0n) is 11.1. The lowest BCUT2D eigenvalue weighted by atomic mass is 10.1. The molecule has 1 aromatic heterocycles. The molecule has 102 valence electrons. The van der Waals surface area contributed by atoms with Crippen LogP contribution in [0.15, 0.2) is 12.4 Å². The van der Waals surface area contributed by atoms with E-state index < -0.39 is 0 Å². The summed E-state index contributed by atoms with van der Waals surface area (Å²) in [6, 6.07) is 0.348. The minimum atomic E-state index is 0.0549. The second-order valence-electron chi connectivity index (χ2n) is 5.10. The van der Waals surface area contributed by atoms with Crippen LogP contribution in [0.2, 0.25) is 0 Å². The largest absolute Gasteiger partial charge is 0.355 e. The van der Waals surface area contributed by atoms with E-state index >= 15 is 0 Å². The quantitative estimate of drug-likeness (QED) is 0.821. The van der Waals surface area contributed by atoms with Crippen molar-refractivity contribution in [1.82, 2.24) is 20.2 Å². The van der Waals surface area contributed by atoms with Gasteiger partial charge in [0.25, 0.3) is 5.91 Å². The highest BCUT2D eigenvalue weighted by atomic mass is 16.2. The summed E-state index contributed by atoms with van der Waals surface area (Å²) in [7, 11) is 0. The summed E-state index contributed by atoms with van der Waals surface area (Å²) in [6.07, 6.45) is 4.33. The van der Waals surface area contributed by atoms with Crippen LogP contribution in [0.1, 0.15) is 23.7 Å². The third kappa shape index (κ3) is 2.28. The number of hydrogen-bond acceptors (Lipinski definition) is 5. The molecule has 0 spiro atoms. The van der Waals surface area contributed by atoms with Gasteiger partial charge in [-0.1, -0.05) is 0 Å². The lowest BCUT2D eigenvalue weighted by molar-refractivity contribution is 0.0736. The van der Waals surface area contributed by atoms with Gasteiger partial charge in [0.1, 0.15) is 0 Å². The zero-order chi connectivity index (χ0) is 13.2. The maximum Gasteiger partial charge on any atom is 0.257 e. The molecule has 0 unspecified atom stereocenters. The average Bonchev–Trinajstić information content (AvgIpc) is 3.01. The van der Waals surface area contributed by atoms with Crippen molar-refractivity contribution in [2.75, 3.05) is 31.5 Å². The summed E-state index contributed by atoms with van der Waals surface area (Å²) < 4.78 is 0. The number of aromatic nitrogens is 2. The number of anilines is 1. The van der Waals surface area contributed by atoms with Gasteiger partial charge in [-0.15, -0.1) is 0 Å². The fourth-order valence-corrected chi connectivity index (χ4v) is 2.96. The Morgan fingerprint density at radius 3 is 3.00 bits per heavy atom. The van der Waals surface area contributed by atoms with Crippen LogP contribution in [0, 0.1) is 5.92 Å². The molecule has 0 radical (unpaired) electrons. The Hall–Kier alpha value is -1.69. The topological polar surface area (TPSA) is 70.2 Å². The average molecular weight is 261 g/mol. The lowest BCUT2D eigenvalue weighted by Crippen LogP contribution is -2.39. The molecule has 2 saturated heterocycles. The summed E-state index contributed by atoms with van der Waals surface area (Å²) in [5.74, 6) is 1.24. The van der Waals surface area contributed by atoms with Gasteiger partial charge in [0.05, 0.1) is 5.56 Å². The Kier molecular flexibility index (Phi) is 3.33. The number of carbonyl (C=O) groups is 1. The van der Waals surface area contributed by atoms with E-state index in [1.807, 2.05) is 11.8 Å². The molecule has 3 rings (SSSR count). The minimum absolute atomic E-state index is 0.0549. The smallest absolute Gasteiger partial charge is 0.257 e. The third-order valence-corrected chi connectivity index (χ3v) is 3.94. The van der Waals surface area contributed by atoms with Gasteiger partial charge >= 0.3 is 0 Å². The summed E-state index contributed by atoms with van der Waals surface area (Å²) in [6.45, 7) is 5.55. The molecule has 2 fully saturated rings. The minimum Gasteiger partial charge on any atom is -0.355 e. The lowest BCUT2D eigenvalue weighted by Gasteiger charge is -2.23. The Labute approximate surface area is 112 Å². The van der Waals surface area contributed by atoms with Crippen molar-refractivity contribution in [2.45, 2.75) is 19.4 Å². The van der Waals surface area contributed by atoms with Crippen LogP contribution in [0.3, 0.4) is 0 Å². The van der Waals surface area contributed by atoms with Crippen molar-refractivity contribution in [3.63, 3.8) is 0 Å². The first kappa shape index (κ1) is 12.3. The van der Waals surface area contributed by atoms with E-state index in [1.54, 1.807) is 12.4 Å². The number of fused-ring (bicyclic) bond motifs is 1. The van der Waals surface area contributed by atoms with Gasteiger partial charge < -0.3 is 15.5 Å². The van der Waals surface area contributed by atoms with Crippen LogP contribution in [0.5, 0.6) is 0 Å². The van der Waals surface area contributed by atoms with Gasteiger partial charge in [-0.3, -0.25) is 4.79 Å². The van der Waals surface area contributed by atoms with Gasteiger partial charge in [-0.25, -0.2) is 9.97 Å². The summed E-state index contributed by atoms with van der Waals surface area (Å²) in [4.78, 5) is 22.7. The van der Waals surface area contributed by atoms with Crippen LogP contribution >= 0.6 is 0 Å². The predicted molar refractivity (Wildman–Crippen MR) is 72.0 cm³/mol. The molecule has 1 amide bonds. The van der Waals surface area contributed by atoms with Crippen LogP contribution in [-0.4, -0.2) is 53.0 Å². The van der Waals surface area contributed by atoms with Gasteiger partial charge in [-0.2, -0.15) is 0 Å². The molecule has 0 aliphatic carbocycles. The zero-order valence-corrected chi connectivity index (χ0v) is 11.1. The number of nitrogens with zero attached hydrogens (tertiary/aromatic N) is 3. The molecule has 0 aromatic carbocycles. The number of nitrogens with one attached hydrogen (secondary N) is 2. The molecule has 3 heterocycles. The number of amides is 1. The molecule has 19 heavy (non-hydrogen) atoms. The molecular weight excluding hydrogens is 242 g/mol. The van der Waals surface area contributed by atoms with Crippen LogP contribution in [0.4, 0.5) is 5.95 Å². The maximum atomic E-state index is 12.5. The first-order valence-electron chi connectivity index (χ1n) is 6.87. The van der Waals surface area contributed by atoms with Crippen LogP contribution < -0.4 is 10.6 Å². The third-order valence-electron chi connectivity index (χ3n) is 3.94. The van der Waals surface area contributed by atoms with E-state index in [0.29, 0.717) is 23.5 Å². The summed E-state index contributed by atoms with van der Waals surface area (Å²) in [5, 5.41) is 6.37. The van der Waals surface area contributed by atoms with E-state index in [1.165, 1.54) is 0 Å². The Morgan fingerprint density at radius 1 is 1.47 bits per heavy atom. The van der Waals surface area contributed by atoms with E-state index in [2.05, 4.69) is 20.6 Å². The fourth-order valence-electron chi connectivity index (χ4n) is 2.96. The van der Waals surface area contributed by atoms with Crippen molar-refractivity contribution in [3.8, 4) is 0 Å². The van der Waals surface area contributed by atoms with Gasteiger partial charge in [0, 0.05) is 44.6 Å². The molecule has 1 aromatic rings. The second kappa shape index (κ2) is 5.13. The first-order chi connectivity index (χ1) is 9.29. The standard InChI is InChI=1S/C13H19N5O/c1-2-15-13-16-6-10(7-17-13)12(19)18-4-3-9-5-14-8-11(9)18/h6-7,9,11,14H,2-5,8H2,1H3,(H,15,16,17)/t9-,11+/m1/s1. The Bertz CT molecular complexity index is 461. The highest BCUT2D eigenvalue weighted by Gasteiger charge is 2.40. The maximum absolute atomic E-state index is 12.5. The van der Waals surface area contributed by atoms with Gasteiger partial charge in [0.15, 0.2) is 0 Å². The van der Waals surface area contributed by atoms with Crippen molar-refractivity contribution in [3.05, 3.63) is 18.0 Å². The Morgan fingerprint density at radius 2 is 2.26 bits per heavy atom. The van der Waals surface area contributed by atoms with E-state index in [9.17, 15) is 4.79 Å².